The van der Waals surface area contributed by atoms with E-state index < -0.39 is 0 Å². The van der Waals surface area contributed by atoms with Crippen molar-refractivity contribution in [1.29, 1.82) is 0 Å². The van der Waals surface area contributed by atoms with Crippen LogP contribution < -0.4 is 5.32 Å². The van der Waals surface area contributed by atoms with E-state index in [1.165, 1.54) is 16.7 Å². The van der Waals surface area contributed by atoms with E-state index in [1.54, 1.807) is 6.07 Å². The highest BCUT2D eigenvalue weighted by molar-refractivity contribution is 5.91. The van der Waals surface area contributed by atoms with E-state index in [2.05, 4.69) is 51.2 Å². The van der Waals surface area contributed by atoms with Crippen molar-refractivity contribution < 1.29 is 13.6 Å². The molecule has 0 bridgehead atoms. The molecule has 1 amide bonds. The molecule has 0 radical (unpaired) electrons. The maximum absolute atomic E-state index is 12.3. The molecule has 142 valence electrons. The molecule has 2 aromatic heterocycles. The van der Waals surface area contributed by atoms with Crippen LogP contribution in [0.5, 0.6) is 0 Å². The summed E-state index contributed by atoms with van der Waals surface area (Å²) in [6.45, 7) is 10.9. The van der Waals surface area contributed by atoms with Gasteiger partial charge in [0.2, 0.25) is 0 Å². The zero-order chi connectivity index (χ0) is 19.6. The van der Waals surface area contributed by atoms with E-state index >= 15 is 0 Å². The summed E-state index contributed by atoms with van der Waals surface area (Å²) in [5, 5.41) is 2.82. The van der Waals surface area contributed by atoms with Crippen LogP contribution in [-0.2, 0) is 18.4 Å². The Hall–Kier alpha value is -2.75. The zero-order valence-corrected chi connectivity index (χ0v) is 16.7. The van der Waals surface area contributed by atoms with Gasteiger partial charge < -0.3 is 14.2 Å². The number of aryl methyl sites for hydroxylation is 2. The molecule has 0 saturated carbocycles. The molecule has 0 atom stereocenters. The van der Waals surface area contributed by atoms with E-state index in [0.717, 1.165) is 17.3 Å². The van der Waals surface area contributed by atoms with Gasteiger partial charge >= 0.3 is 0 Å². The molecule has 0 fully saturated rings. The number of rotatable bonds is 5. The third-order valence-electron chi connectivity index (χ3n) is 4.68. The standard InChI is InChI=1S/C23H27NO3/c1-15-6-8-18(23(3,4)5)12-17(15)13-19-10-11-21(27-19)22(25)24-14-20-9-7-16(2)26-20/h6-12H,13-14H2,1-5H3,(H,24,25). The van der Waals surface area contributed by atoms with Gasteiger partial charge in [-0.2, -0.15) is 0 Å². The van der Waals surface area contributed by atoms with Crippen LogP contribution in [0.2, 0.25) is 0 Å². The smallest absolute Gasteiger partial charge is 0.287 e. The number of furan rings is 2. The Balaban J connectivity index is 1.68. The number of carbonyl (C=O) groups excluding carboxylic acids is 1. The predicted molar refractivity (Wildman–Crippen MR) is 106 cm³/mol. The van der Waals surface area contributed by atoms with Crippen molar-refractivity contribution in [2.45, 2.75) is 53.0 Å². The highest BCUT2D eigenvalue weighted by Gasteiger charge is 2.16. The monoisotopic (exact) mass is 365 g/mol. The third kappa shape index (κ3) is 4.70. The van der Waals surface area contributed by atoms with Crippen molar-refractivity contribution in [2.24, 2.45) is 0 Å². The SMILES string of the molecule is Cc1ccc(CNC(=O)c2ccc(Cc3cc(C(C)(C)C)ccc3C)o2)o1. The van der Waals surface area contributed by atoms with E-state index in [4.69, 9.17) is 8.83 Å². The number of carbonyl (C=O) groups is 1. The van der Waals surface area contributed by atoms with Crippen LogP contribution >= 0.6 is 0 Å². The maximum atomic E-state index is 12.3. The first-order valence-corrected chi connectivity index (χ1v) is 9.24. The van der Waals surface area contributed by atoms with Gasteiger partial charge in [-0.15, -0.1) is 0 Å². The highest BCUT2D eigenvalue weighted by atomic mass is 16.4. The van der Waals surface area contributed by atoms with Crippen molar-refractivity contribution in [1.82, 2.24) is 5.32 Å². The molecule has 27 heavy (non-hydrogen) atoms. The Morgan fingerprint density at radius 1 is 0.963 bits per heavy atom. The summed E-state index contributed by atoms with van der Waals surface area (Å²) in [6, 6.07) is 13.9. The molecule has 0 unspecified atom stereocenters. The molecule has 0 aliphatic heterocycles. The lowest BCUT2D eigenvalue weighted by molar-refractivity contribution is 0.0918. The minimum atomic E-state index is -0.240. The molecule has 1 N–H and O–H groups in total. The zero-order valence-electron chi connectivity index (χ0n) is 16.7. The Bertz CT molecular complexity index is 941. The molecule has 2 heterocycles. The Labute approximate surface area is 160 Å². The average Bonchev–Trinajstić information content (AvgIpc) is 3.23. The molecule has 4 heteroatoms. The van der Waals surface area contributed by atoms with Crippen LogP contribution in [0.3, 0.4) is 0 Å². The van der Waals surface area contributed by atoms with Crippen LogP contribution in [0, 0.1) is 13.8 Å². The van der Waals surface area contributed by atoms with Crippen molar-refractivity contribution >= 4 is 5.91 Å². The van der Waals surface area contributed by atoms with E-state index in [0.29, 0.717) is 18.7 Å². The fourth-order valence-electron chi connectivity index (χ4n) is 2.95. The van der Waals surface area contributed by atoms with Gasteiger partial charge in [-0.3, -0.25) is 4.79 Å². The van der Waals surface area contributed by atoms with Gasteiger partial charge in [0, 0.05) is 6.42 Å². The summed E-state index contributed by atoms with van der Waals surface area (Å²) in [6.07, 6.45) is 0.667. The fourth-order valence-corrected chi connectivity index (χ4v) is 2.95. The van der Waals surface area contributed by atoms with Crippen LogP contribution in [0.4, 0.5) is 0 Å². The second-order valence-electron chi connectivity index (χ2n) is 8.03. The molecule has 3 rings (SSSR count). The second kappa shape index (κ2) is 7.47. The maximum Gasteiger partial charge on any atom is 0.287 e. The van der Waals surface area contributed by atoms with Crippen LogP contribution in [-0.4, -0.2) is 5.91 Å². The average molecular weight is 365 g/mol. The quantitative estimate of drug-likeness (QED) is 0.667. The van der Waals surface area contributed by atoms with Gasteiger partial charge in [-0.25, -0.2) is 0 Å². The van der Waals surface area contributed by atoms with Crippen molar-refractivity contribution in [3.05, 3.63) is 82.2 Å². The minimum absolute atomic E-state index is 0.0981. The van der Waals surface area contributed by atoms with E-state index in [9.17, 15) is 4.79 Å². The topological polar surface area (TPSA) is 55.4 Å². The molecule has 1 aromatic carbocycles. The van der Waals surface area contributed by atoms with Crippen LogP contribution in [0.15, 0.2) is 51.3 Å². The molecular formula is C23H27NO3. The number of amides is 1. The number of hydrogen-bond acceptors (Lipinski definition) is 3. The molecule has 0 saturated heterocycles. The van der Waals surface area contributed by atoms with Crippen molar-refractivity contribution in [3.8, 4) is 0 Å². The van der Waals surface area contributed by atoms with Gasteiger partial charge in [0.15, 0.2) is 5.76 Å². The van der Waals surface area contributed by atoms with E-state index in [-0.39, 0.29) is 11.3 Å². The summed E-state index contributed by atoms with van der Waals surface area (Å²) < 4.78 is 11.2. The van der Waals surface area contributed by atoms with Crippen LogP contribution in [0.25, 0.3) is 0 Å². The molecule has 0 aliphatic carbocycles. The molecule has 3 aromatic rings. The first-order chi connectivity index (χ1) is 12.7. The Kier molecular flexibility index (Phi) is 5.26. The molecule has 0 spiro atoms. The predicted octanol–water partition coefficient (Wildman–Crippen LogP) is 5.31. The summed E-state index contributed by atoms with van der Waals surface area (Å²) in [4.78, 5) is 12.3. The number of hydrogen-bond donors (Lipinski definition) is 1. The Morgan fingerprint density at radius 2 is 1.70 bits per heavy atom. The Morgan fingerprint density at radius 3 is 2.37 bits per heavy atom. The summed E-state index contributed by atoms with van der Waals surface area (Å²) >= 11 is 0. The minimum Gasteiger partial charge on any atom is -0.465 e. The lowest BCUT2D eigenvalue weighted by atomic mass is 9.85. The second-order valence-corrected chi connectivity index (χ2v) is 8.03. The highest BCUT2D eigenvalue weighted by Crippen LogP contribution is 2.26. The number of nitrogens with one attached hydrogen (secondary N) is 1. The van der Waals surface area contributed by atoms with Gasteiger partial charge in [-0.1, -0.05) is 39.0 Å². The van der Waals surface area contributed by atoms with Crippen molar-refractivity contribution in [2.75, 3.05) is 0 Å². The first kappa shape index (κ1) is 19.0. The lowest BCUT2D eigenvalue weighted by Crippen LogP contribution is -2.21. The number of benzene rings is 1. The lowest BCUT2D eigenvalue weighted by Gasteiger charge is -2.20. The first-order valence-electron chi connectivity index (χ1n) is 9.24. The van der Waals surface area contributed by atoms with Gasteiger partial charge in [0.05, 0.1) is 6.54 Å². The van der Waals surface area contributed by atoms with Gasteiger partial charge in [0.25, 0.3) is 5.91 Å². The molecule has 4 nitrogen and oxygen atoms in total. The third-order valence-corrected chi connectivity index (χ3v) is 4.68. The summed E-state index contributed by atoms with van der Waals surface area (Å²) in [7, 11) is 0. The van der Waals surface area contributed by atoms with Crippen LogP contribution in [0.1, 0.15) is 65.3 Å². The molecule has 0 aliphatic rings. The molecular weight excluding hydrogens is 338 g/mol. The largest absolute Gasteiger partial charge is 0.465 e. The summed E-state index contributed by atoms with van der Waals surface area (Å²) in [5.74, 6) is 2.41. The summed E-state index contributed by atoms with van der Waals surface area (Å²) in [5.41, 5.74) is 3.83. The fraction of sp³-hybridized carbons (Fsp3) is 0.348. The normalized spacial score (nSPS) is 11.6. The van der Waals surface area contributed by atoms with Crippen molar-refractivity contribution in [3.63, 3.8) is 0 Å². The van der Waals surface area contributed by atoms with Gasteiger partial charge in [-0.05, 0) is 60.2 Å². The van der Waals surface area contributed by atoms with E-state index in [1.807, 2.05) is 25.1 Å². The van der Waals surface area contributed by atoms with Gasteiger partial charge in [0.1, 0.15) is 17.3 Å².